The van der Waals surface area contributed by atoms with Crippen LogP contribution < -0.4 is 10.5 Å². The van der Waals surface area contributed by atoms with Crippen LogP contribution in [0.25, 0.3) is 0 Å². The standard InChI is InChI=1S/C14H21BrN2O3S/c1-4-9(2)7-10(3)17-14(18)11-5-6-12(15)13(8-11)21(16,19)20/h5-6,8-10H,4,7H2,1-3H3,(H,17,18)(H2,16,19,20). The molecule has 0 aliphatic heterocycles. The van der Waals surface area contributed by atoms with E-state index in [-0.39, 0.29) is 22.4 Å². The molecule has 21 heavy (non-hydrogen) atoms. The minimum atomic E-state index is -3.87. The number of nitrogens with one attached hydrogen (secondary N) is 1. The van der Waals surface area contributed by atoms with Crippen molar-refractivity contribution in [3.8, 4) is 0 Å². The van der Waals surface area contributed by atoms with Crippen molar-refractivity contribution in [1.82, 2.24) is 5.32 Å². The Kier molecular flexibility index (Phi) is 6.37. The highest BCUT2D eigenvalue weighted by atomic mass is 79.9. The van der Waals surface area contributed by atoms with Crippen LogP contribution >= 0.6 is 15.9 Å². The van der Waals surface area contributed by atoms with E-state index >= 15 is 0 Å². The summed E-state index contributed by atoms with van der Waals surface area (Å²) < 4.78 is 23.2. The summed E-state index contributed by atoms with van der Waals surface area (Å²) in [6, 6.07) is 4.37. The highest BCUT2D eigenvalue weighted by Gasteiger charge is 2.17. The monoisotopic (exact) mass is 376 g/mol. The highest BCUT2D eigenvalue weighted by molar-refractivity contribution is 9.10. The van der Waals surface area contributed by atoms with Gasteiger partial charge in [0, 0.05) is 16.1 Å². The van der Waals surface area contributed by atoms with Gasteiger partial charge in [-0.3, -0.25) is 4.79 Å². The number of carbonyl (C=O) groups is 1. The molecule has 1 aromatic carbocycles. The summed E-state index contributed by atoms with van der Waals surface area (Å²) in [5.74, 6) is 0.216. The van der Waals surface area contributed by atoms with Crippen molar-refractivity contribution in [2.45, 2.75) is 44.6 Å². The summed E-state index contributed by atoms with van der Waals surface area (Å²) in [5.41, 5.74) is 0.276. The molecule has 0 aliphatic rings. The summed E-state index contributed by atoms with van der Waals surface area (Å²) in [7, 11) is -3.87. The first kappa shape index (κ1) is 18.1. The van der Waals surface area contributed by atoms with Crippen LogP contribution in [0, 0.1) is 5.92 Å². The lowest BCUT2D eigenvalue weighted by atomic mass is 10.0. The van der Waals surface area contributed by atoms with Gasteiger partial charge in [-0.1, -0.05) is 20.3 Å². The Morgan fingerprint density at radius 3 is 2.52 bits per heavy atom. The minimum absolute atomic E-state index is 0.0223. The van der Waals surface area contributed by atoms with E-state index in [1.807, 2.05) is 6.92 Å². The van der Waals surface area contributed by atoms with Gasteiger partial charge in [-0.2, -0.15) is 0 Å². The third kappa shape index (κ3) is 5.41. The molecular formula is C14H21BrN2O3S. The van der Waals surface area contributed by atoms with E-state index in [1.54, 1.807) is 6.07 Å². The van der Waals surface area contributed by atoms with Gasteiger partial charge in [-0.05, 0) is 53.4 Å². The Bertz CT molecular complexity index is 617. The zero-order valence-corrected chi connectivity index (χ0v) is 14.8. The summed E-state index contributed by atoms with van der Waals surface area (Å²) in [6.45, 7) is 6.16. The first-order valence-corrected chi connectivity index (χ1v) is 9.12. The number of hydrogen-bond acceptors (Lipinski definition) is 3. The second kappa shape index (κ2) is 7.38. The molecule has 7 heteroatoms. The lowest BCUT2D eigenvalue weighted by Gasteiger charge is -2.17. The molecule has 0 heterocycles. The van der Waals surface area contributed by atoms with Crippen molar-refractivity contribution in [2.75, 3.05) is 0 Å². The zero-order valence-electron chi connectivity index (χ0n) is 12.4. The van der Waals surface area contributed by atoms with Crippen molar-refractivity contribution < 1.29 is 13.2 Å². The fourth-order valence-corrected chi connectivity index (χ4v) is 3.55. The second-order valence-electron chi connectivity index (χ2n) is 5.31. The van der Waals surface area contributed by atoms with Crippen LogP contribution in [0.1, 0.15) is 44.0 Å². The molecule has 0 radical (unpaired) electrons. The van der Waals surface area contributed by atoms with E-state index in [0.29, 0.717) is 10.4 Å². The summed E-state index contributed by atoms with van der Waals surface area (Å²) in [6.07, 6.45) is 1.93. The summed E-state index contributed by atoms with van der Waals surface area (Å²) >= 11 is 3.12. The Balaban J connectivity index is 2.89. The quantitative estimate of drug-likeness (QED) is 0.799. The van der Waals surface area contributed by atoms with Crippen LogP contribution in [0.3, 0.4) is 0 Å². The molecule has 2 unspecified atom stereocenters. The SMILES string of the molecule is CCC(C)CC(C)NC(=O)c1ccc(Br)c(S(N)(=O)=O)c1. The number of hydrogen-bond donors (Lipinski definition) is 2. The van der Waals surface area contributed by atoms with Crippen LogP contribution in [0.4, 0.5) is 0 Å². The molecule has 0 saturated carbocycles. The van der Waals surface area contributed by atoms with E-state index in [2.05, 4.69) is 35.1 Å². The molecule has 0 aromatic heterocycles. The predicted octanol–water partition coefficient (Wildman–Crippen LogP) is 2.65. The fraction of sp³-hybridized carbons (Fsp3) is 0.500. The fourth-order valence-electron chi connectivity index (χ4n) is 2.00. The summed E-state index contributed by atoms with van der Waals surface area (Å²) in [5, 5.41) is 7.99. The molecule has 0 fully saturated rings. The molecule has 3 N–H and O–H groups in total. The van der Waals surface area contributed by atoms with Crippen molar-refractivity contribution >= 4 is 31.9 Å². The van der Waals surface area contributed by atoms with Crippen molar-refractivity contribution in [1.29, 1.82) is 0 Å². The van der Waals surface area contributed by atoms with Crippen LogP contribution in [0.5, 0.6) is 0 Å². The lowest BCUT2D eigenvalue weighted by Crippen LogP contribution is -2.33. The Labute approximate surface area is 134 Å². The maximum absolute atomic E-state index is 12.2. The van der Waals surface area contributed by atoms with Crippen molar-refractivity contribution in [3.63, 3.8) is 0 Å². The van der Waals surface area contributed by atoms with E-state index in [4.69, 9.17) is 5.14 Å². The smallest absolute Gasteiger partial charge is 0.251 e. The van der Waals surface area contributed by atoms with Gasteiger partial charge in [0.25, 0.3) is 5.91 Å². The Morgan fingerprint density at radius 1 is 1.38 bits per heavy atom. The van der Waals surface area contributed by atoms with E-state index in [0.717, 1.165) is 12.8 Å². The molecule has 0 saturated heterocycles. The van der Waals surface area contributed by atoms with E-state index < -0.39 is 10.0 Å². The van der Waals surface area contributed by atoms with Gasteiger partial charge in [-0.25, -0.2) is 13.6 Å². The lowest BCUT2D eigenvalue weighted by molar-refractivity contribution is 0.0935. The molecule has 0 bridgehead atoms. The highest BCUT2D eigenvalue weighted by Crippen LogP contribution is 2.22. The number of primary sulfonamides is 1. The molecule has 0 spiro atoms. The maximum Gasteiger partial charge on any atom is 0.251 e. The Morgan fingerprint density at radius 2 is 2.00 bits per heavy atom. The number of halogens is 1. The predicted molar refractivity (Wildman–Crippen MR) is 86.5 cm³/mol. The molecule has 1 amide bonds. The molecule has 5 nitrogen and oxygen atoms in total. The third-order valence-electron chi connectivity index (χ3n) is 3.33. The van der Waals surface area contributed by atoms with Crippen LogP contribution in [0.15, 0.2) is 27.6 Å². The third-order valence-corrected chi connectivity index (χ3v) is 5.24. The minimum Gasteiger partial charge on any atom is -0.350 e. The number of rotatable bonds is 6. The van der Waals surface area contributed by atoms with Crippen LogP contribution in [0.2, 0.25) is 0 Å². The number of carbonyl (C=O) groups excluding carboxylic acids is 1. The molecule has 0 aliphatic carbocycles. The van der Waals surface area contributed by atoms with Gasteiger partial charge >= 0.3 is 0 Å². The van der Waals surface area contributed by atoms with Gasteiger partial charge in [-0.15, -0.1) is 0 Å². The van der Waals surface area contributed by atoms with E-state index in [9.17, 15) is 13.2 Å². The summed E-state index contributed by atoms with van der Waals surface area (Å²) in [4.78, 5) is 12.1. The largest absolute Gasteiger partial charge is 0.350 e. The second-order valence-corrected chi connectivity index (χ2v) is 7.70. The first-order valence-electron chi connectivity index (χ1n) is 6.78. The number of benzene rings is 1. The number of amides is 1. The number of sulfonamides is 1. The van der Waals surface area contributed by atoms with E-state index in [1.165, 1.54) is 12.1 Å². The average molecular weight is 377 g/mol. The first-order chi connectivity index (χ1) is 9.65. The number of nitrogens with two attached hydrogens (primary N) is 1. The van der Waals surface area contributed by atoms with Gasteiger partial charge < -0.3 is 5.32 Å². The Hall–Kier alpha value is -0.920. The molecular weight excluding hydrogens is 356 g/mol. The normalized spacial score (nSPS) is 14.5. The average Bonchev–Trinajstić information content (AvgIpc) is 2.37. The van der Waals surface area contributed by atoms with Gasteiger partial charge in [0.05, 0.1) is 4.90 Å². The molecule has 2 atom stereocenters. The zero-order chi connectivity index (χ0) is 16.2. The maximum atomic E-state index is 12.2. The van der Waals surface area contributed by atoms with Crippen LogP contribution in [-0.2, 0) is 10.0 Å². The van der Waals surface area contributed by atoms with Gasteiger partial charge in [0.1, 0.15) is 0 Å². The molecule has 118 valence electrons. The van der Waals surface area contributed by atoms with Crippen molar-refractivity contribution in [2.24, 2.45) is 11.1 Å². The van der Waals surface area contributed by atoms with Crippen LogP contribution in [-0.4, -0.2) is 20.4 Å². The topological polar surface area (TPSA) is 89.3 Å². The van der Waals surface area contributed by atoms with Gasteiger partial charge in [0.15, 0.2) is 0 Å². The molecule has 1 aromatic rings. The van der Waals surface area contributed by atoms with Crippen molar-refractivity contribution in [3.05, 3.63) is 28.2 Å². The molecule has 1 rings (SSSR count). The van der Waals surface area contributed by atoms with Gasteiger partial charge in [0.2, 0.25) is 10.0 Å².